The summed E-state index contributed by atoms with van der Waals surface area (Å²) in [5, 5.41) is 4.78. The minimum Gasteiger partial charge on any atom is -0.497 e. The first kappa shape index (κ1) is 20.2. The lowest BCUT2D eigenvalue weighted by molar-refractivity contribution is -0.142. The van der Waals surface area contributed by atoms with Crippen LogP contribution in [0.2, 0.25) is 0 Å². The zero-order valence-corrected chi connectivity index (χ0v) is 16.0. The van der Waals surface area contributed by atoms with Gasteiger partial charge in [0.1, 0.15) is 11.5 Å². The monoisotopic (exact) mass is 388 g/mol. The Labute approximate surface area is 161 Å². The van der Waals surface area contributed by atoms with Gasteiger partial charge >= 0.3 is 5.97 Å². The van der Waals surface area contributed by atoms with Crippen molar-refractivity contribution < 1.29 is 23.8 Å². The number of hydrogen-bond acceptors (Lipinski definition) is 7. The highest BCUT2D eigenvalue weighted by Crippen LogP contribution is 2.34. The average Bonchev–Trinajstić information content (AvgIpc) is 3.14. The number of esters is 1. The number of carbonyl (C=O) groups excluding carboxylic acids is 2. The maximum Gasteiger partial charge on any atom is 0.331 e. The molecule has 0 aliphatic rings. The number of amides is 1. The third-order valence-electron chi connectivity index (χ3n) is 3.31. The summed E-state index contributed by atoms with van der Waals surface area (Å²) in [6, 6.07) is 5.38. The Hall–Kier alpha value is -3.13. The molecule has 2 rings (SSSR count). The van der Waals surface area contributed by atoms with Crippen molar-refractivity contribution in [2.24, 2.45) is 0 Å². The molecule has 1 N–H and O–H groups in total. The third-order valence-corrected chi connectivity index (χ3v) is 4.07. The molecule has 7 nitrogen and oxygen atoms in total. The Morgan fingerprint density at radius 2 is 2.04 bits per heavy atom. The molecule has 0 saturated carbocycles. The van der Waals surface area contributed by atoms with Gasteiger partial charge in [0.25, 0.3) is 5.91 Å². The van der Waals surface area contributed by atoms with Gasteiger partial charge in [0.15, 0.2) is 11.7 Å². The van der Waals surface area contributed by atoms with Crippen molar-refractivity contribution >= 4 is 28.3 Å². The highest BCUT2D eigenvalue weighted by Gasteiger charge is 2.13. The van der Waals surface area contributed by atoms with Gasteiger partial charge in [0.2, 0.25) is 0 Å². The van der Waals surface area contributed by atoms with E-state index in [1.165, 1.54) is 23.5 Å². The molecule has 1 aromatic heterocycles. The fraction of sp³-hybridized carbons (Fsp3) is 0.211. The van der Waals surface area contributed by atoms with Crippen LogP contribution in [0, 0.1) is 0 Å². The van der Waals surface area contributed by atoms with Crippen molar-refractivity contribution in [3.05, 3.63) is 47.9 Å². The number of anilines is 1. The van der Waals surface area contributed by atoms with Gasteiger partial charge in [-0.3, -0.25) is 10.1 Å². The second-order valence-corrected chi connectivity index (χ2v) is 6.00. The smallest absolute Gasteiger partial charge is 0.331 e. The predicted molar refractivity (Wildman–Crippen MR) is 104 cm³/mol. The van der Waals surface area contributed by atoms with Gasteiger partial charge < -0.3 is 14.2 Å². The van der Waals surface area contributed by atoms with Crippen molar-refractivity contribution in [3.63, 3.8) is 0 Å². The van der Waals surface area contributed by atoms with Crippen LogP contribution >= 0.6 is 11.3 Å². The molecular weight excluding hydrogens is 368 g/mol. The van der Waals surface area contributed by atoms with E-state index in [1.54, 1.807) is 50.0 Å². The standard InChI is InChI=1S/C19H20N2O5S/c1-4-5-6-7-18(23)26-11-17(22)21-19-20-15(12-27-19)14-10-13(24-2)8-9-16(14)25-3/h4-10,12H,11H2,1-3H3,(H,20,21,22)/b5-4+,7-6+. The quantitative estimate of drug-likeness (QED) is 0.423. The highest BCUT2D eigenvalue weighted by atomic mass is 32.1. The maximum absolute atomic E-state index is 11.9. The first-order chi connectivity index (χ1) is 13.1. The number of methoxy groups -OCH3 is 2. The molecule has 142 valence electrons. The molecule has 0 spiro atoms. The number of benzene rings is 1. The van der Waals surface area contributed by atoms with Crippen LogP contribution in [0.4, 0.5) is 5.13 Å². The van der Waals surface area contributed by atoms with Crippen molar-refractivity contribution in [2.45, 2.75) is 6.92 Å². The molecule has 0 bridgehead atoms. The van der Waals surface area contributed by atoms with E-state index >= 15 is 0 Å². The molecule has 0 saturated heterocycles. The molecule has 0 aliphatic heterocycles. The van der Waals surface area contributed by atoms with Crippen molar-refractivity contribution in [1.29, 1.82) is 0 Å². The summed E-state index contributed by atoms with van der Waals surface area (Å²) >= 11 is 1.25. The molecule has 1 amide bonds. The van der Waals surface area contributed by atoms with Crippen molar-refractivity contribution in [2.75, 3.05) is 26.1 Å². The normalized spacial score (nSPS) is 10.9. The number of nitrogens with one attached hydrogen (secondary N) is 1. The molecule has 27 heavy (non-hydrogen) atoms. The van der Waals surface area contributed by atoms with E-state index in [2.05, 4.69) is 10.3 Å². The van der Waals surface area contributed by atoms with Crippen LogP contribution in [0.15, 0.2) is 47.9 Å². The lowest BCUT2D eigenvalue weighted by Crippen LogP contribution is -2.20. The Balaban J connectivity index is 2.00. The van der Waals surface area contributed by atoms with Gasteiger partial charge in [-0.2, -0.15) is 0 Å². The van der Waals surface area contributed by atoms with Gasteiger partial charge in [-0.15, -0.1) is 11.3 Å². The van der Waals surface area contributed by atoms with Crippen LogP contribution < -0.4 is 14.8 Å². The number of allylic oxidation sites excluding steroid dienone is 3. The summed E-state index contributed by atoms with van der Waals surface area (Å²) in [5.74, 6) is 0.244. The molecule has 1 aromatic carbocycles. The van der Waals surface area contributed by atoms with Crippen molar-refractivity contribution in [1.82, 2.24) is 4.98 Å². The summed E-state index contributed by atoms with van der Waals surface area (Å²) in [6.07, 6.45) is 6.23. The fourth-order valence-electron chi connectivity index (χ4n) is 2.05. The Morgan fingerprint density at radius 1 is 1.22 bits per heavy atom. The highest BCUT2D eigenvalue weighted by molar-refractivity contribution is 7.14. The lowest BCUT2D eigenvalue weighted by atomic mass is 10.1. The second-order valence-electron chi connectivity index (χ2n) is 5.14. The summed E-state index contributed by atoms with van der Waals surface area (Å²) in [4.78, 5) is 27.7. The summed E-state index contributed by atoms with van der Waals surface area (Å²) in [6.45, 7) is 1.43. The number of carbonyl (C=O) groups is 2. The van der Waals surface area contributed by atoms with E-state index in [4.69, 9.17) is 14.2 Å². The lowest BCUT2D eigenvalue weighted by Gasteiger charge is -2.08. The van der Waals surface area contributed by atoms with E-state index in [1.807, 2.05) is 6.92 Å². The second kappa shape index (κ2) is 10.1. The third kappa shape index (κ3) is 5.96. The minimum atomic E-state index is -0.593. The predicted octanol–water partition coefficient (Wildman–Crippen LogP) is 3.44. The van der Waals surface area contributed by atoms with E-state index in [0.717, 1.165) is 5.56 Å². The number of nitrogens with zero attached hydrogens (tertiary/aromatic N) is 1. The first-order valence-corrected chi connectivity index (χ1v) is 8.89. The zero-order chi connectivity index (χ0) is 19.6. The molecule has 0 unspecified atom stereocenters. The van der Waals surface area contributed by atoms with E-state index in [-0.39, 0.29) is 0 Å². The van der Waals surface area contributed by atoms with Crippen LogP contribution in [0.3, 0.4) is 0 Å². The molecule has 2 aromatic rings. The fourth-order valence-corrected chi connectivity index (χ4v) is 2.78. The van der Waals surface area contributed by atoms with Gasteiger partial charge in [-0.25, -0.2) is 9.78 Å². The van der Waals surface area contributed by atoms with Crippen LogP contribution in [-0.2, 0) is 14.3 Å². The Morgan fingerprint density at radius 3 is 2.74 bits per heavy atom. The Bertz CT molecular complexity index is 858. The number of aromatic nitrogens is 1. The van der Waals surface area contributed by atoms with E-state index in [0.29, 0.717) is 22.3 Å². The first-order valence-electron chi connectivity index (χ1n) is 8.01. The SMILES string of the molecule is C/C=C/C=C/C(=O)OCC(=O)Nc1nc(-c2cc(OC)ccc2OC)cs1. The van der Waals surface area contributed by atoms with Crippen LogP contribution in [-0.4, -0.2) is 37.7 Å². The van der Waals surface area contributed by atoms with Gasteiger partial charge in [0.05, 0.1) is 19.9 Å². The number of hydrogen-bond donors (Lipinski definition) is 1. The molecule has 0 fully saturated rings. The van der Waals surface area contributed by atoms with E-state index in [9.17, 15) is 9.59 Å². The van der Waals surface area contributed by atoms with Gasteiger partial charge in [-0.1, -0.05) is 18.2 Å². The summed E-state index contributed by atoms with van der Waals surface area (Å²) < 4.78 is 15.4. The maximum atomic E-state index is 11.9. The number of ether oxygens (including phenoxy) is 3. The average molecular weight is 388 g/mol. The zero-order valence-electron chi connectivity index (χ0n) is 15.2. The van der Waals surface area contributed by atoms with Gasteiger partial charge in [0, 0.05) is 17.0 Å². The molecular formula is C19H20N2O5S. The molecule has 0 atom stereocenters. The van der Waals surface area contributed by atoms with E-state index < -0.39 is 18.5 Å². The Kier molecular flexibility index (Phi) is 7.57. The van der Waals surface area contributed by atoms with Crippen LogP contribution in [0.1, 0.15) is 6.92 Å². The van der Waals surface area contributed by atoms with Gasteiger partial charge in [-0.05, 0) is 25.1 Å². The van der Waals surface area contributed by atoms with Crippen LogP contribution in [0.25, 0.3) is 11.3 Å². The summed E-state index contributed by atoms with van der Waals surface area (Å²) in [5.41, 5.74) is 1.38. The molecule has 8 heteroatoms. The minimum absolute atomic E-state index is 0.389. The topological polar surface area (TPSA) is 86.8 Å². The largest absolute Gasteiger partial charge is 0.497 e. The molecule has 0 aliphatic carbocycles. The molecule has 1 heterocycles. The number of thiazole rings is 1. The van der Waals surface area contributed by atoms with Crippen molar-refractivity contribution in [3.8, 4) is 22.8 Å². The molecule has 0 radical (unpaired) electrons. The summed E-state index contributed by atoms with van der Waals surface area (Å²) in [7, 11) is 3.15. The number of rotatable bonds is 8. The van der Waals surface area contributed by atoms with Crippen LogP contribution in [0.5, 0.6) is 11.5 Å².